The average molecular weight is 279 g/mol. The van der Waals surface area contributed by atoms with E-state index in [0.29, 0.717) is 6.54 Å². The molecule has 0 saturated carbocycles. The first-order valence-electron chi connectivity index (χ1n) is 6.81. The van der Waals surface area contributed by atoms with Crippen LogP contribution < -0.4 is 5.73 Å². The Kier molecular flexibility index (Phi) is 3.39. The summed E-state index contributed by atoms with van der Waals surface area (Å²) >= 11 is 0. The van der Waals surface area contributed by atoms with E-state index in [-0.39, 0.29) is 0 Å². The Morgan fingerprint density at radius 1 is 1.05 bits per heavy atom. The van der Waals surface area contributed by atoms with Gasteiger partial charge in [0.15, 0.2) is 5.82 Å². The van der Waals surface area contributed by atoms with Crippen molar-refractivity contribution < 1.29 is 0 Å². The number of benzene rings is 2. The summed E-state index contributed by atoms with van der Waals surface area (Å²) in [7, 11) is 0. The minimum atomic E-state index is 0.637. The summed E-state index contributed by atoms with van der Waals surface area (Å²) in [4.78, 5) is 0. The molecule has 1 heterocycles. The maximum absolute atomic E-state index is 5.91. The van der Waals surface area contributed by atoms with E-state index in [4.69, 9.17) is 5.73 Å². The third-order valence-corrected chi connectivity index (χ3v) is 3.30. The second kappa shape index (κ2) is 5.36. The third kappa shape index (κ3) is 2.91. The van der Waals surface area contributed by atoms with Gasteiger partial charge in [-0.05, 0) is 53.6 Å². The molecule has 0 aliphatic heterocycles. The number of anilines is 1. The van der Waals surface area contributed by atoms with Crippen molar-refractivity contribution in [3.05, 3.63) is 59.2 Å². The van der Waals surface area contributed by atoms with Gasteiger partial charge in [0.05, 0.1) is 6.54 Å². The molecular weight excluding hydrogens is 262 g/mol. The lowest BCUT2D eigenvalue weighted by Crippen LogP contribution is -2.05. The van der Waals surface area contributed by atoms with Crippen LogP contribution in [0.1, 0.15) is 16.7 Å². The van der Waals surface area contributed by atoms with Crippen LogP contribution in [0.3, 0.4) is 0 Å². The lowest BCUT2D eigenvalue weighted by Gasteiger charge is -2.07. The summed E-state index contributed by atoms with van der Waals surface area (Å²) in [6.07, 6.45) is 0. The maximum atomic E-state index is 5.91. The first-order valence-corrected chi connectivity index (χ1v) is 6.81. The summed E-state index contributed by atoms with van der Waals surface area (Å²) in [6, 6.07) is 14.2. The fourth-order valence-electron chi connectivity index (χ4n) is 2.44. The van der Waals surface area contributed by atoms with Crippen molar-refractivity contribution >= 4 is 5.69 Å². The number of nitrogens with zero attached hydrogens (tertiary/aromatic N) is 4. The summed E-state index contributed by atoms with van der Waals surface area (Å²) in [6.45, 7) is 4.72. The first-order chi connectivity index (χ1) is 10.1. The zero-order chi connectivity index (χ0) is 14.8. The van der Waals surface area contributed by atoms with Crippen molar-refractivity contribution in [2.24, 2.45) is 0 Å². The summed E-state index contributed by atoms with van der Waals surface area (Å²) in [5, 5.41) is 12.0. The topological polar surface area (TPSA) is 69.6 Å². The summed E-state index contributed by atoms with van der Waals surface area (Å²) in [5.74, 6) is 0.729. The number of tetrazole rings is 1. The molecule has 3 aromatic rings. The molecule has 0 bridgehead atoms. The predicted molar refractivity (Wildman–Crippen MR) is 82.7 cm³/mol. The van der Waals surface area contributed by atoms with Crippen LogP contribution in [-0.4, -0.2) is 20.2 Å². The molecule has 0 aliphatic rings. The molecule has 0 saturated heterocycles. The van der Waals surface area contributed by atoms with Crippen LogP contribution in [-0.2, 0) is 6.54 Å². The molecule has 106 valence electrons. The zero-order valence-corrected chi connectivity index (χ0v) is 12.1. The van der Waals surface area contributed by atoms with E-state index in [9.17, 15) is 0 Å². The highest BCUT2D eigenvalue weighted by Gasteiger charge is 2.10. The maximum Gasteiger partial charge on any atom is 0.182 e. The minimum absolute atomic E-state index is 0.637. The highest BCUT2D eigenvalue weighted by molar-refractivity contribution is 5.62. The summed E-state index contributed by atoms with van der Waals surface area (Å²) < 4.78 is 1.79. The summed E-state index contributed by atoms with van der Waals surface area (Å²) in [5.41, 5.74) is 11.1. The molecule has 21 heavy (non-hydrogen) atoms. The molecule has 0 unspecified atom stereocenters. The second-order valence-electron chi connectivity index (χ2n) is 5.28. The van der Waals surface area contributed by atoms with Crippen molar-refractivity contribution in [2.45, 2.75) is 20.4 Å². The average Bonchev–Trinajstić information content (AvgIpc) is 2.85. The molecule has 0 atom stereocenters. The number of aromatic nitrogens is 4. The van der Waals surface area contributed by atoms with Gasteiger partial charge in [-0.3, -0.25) is 0 Å². The van der Waals surface area contributed by atoms with Crippen LogP contribution in [0.25, 0.3) is 11.4 Å². The van der Waals surface area contributed by atoms with E-state index in [0.717, 1.165) is 22.6 Å². The Bertz CT molecular complexity index is 756. The lowest BCUT2D eigenvalue weighted by atomic mass is 10.1. The number of nitrogens with two attached hydrogens (primary N) is 1. The Morgan fingerprint density at radius 3 is 2.67 bits per heavy atom. The van der Waals surface area contributed by atoms with E-state index in [1.807, 2.05) is 31.2 Å². The van der Waals surface area contributed by atoms with E-state index in [1.165, 1.54) is 11.1 Å². The largest absolute Gasteiger partial charge is 0.399 e. The molecule has 2 aromatic carbocycles. The van der Waals surface area contributed by atoms with Crippen LogP contribution >= 0.6 is 0 Å². The van der Waals surface area contributed by atoms with Crippen LogP contribution in [0.4, 0.5) is 5.69 Å². The van der Waals surface area contributed by atoms with Crippen molar-refractivity contribution in [3.63, 3.8) is 0 Å². The predicted octanol–water partition coefficient (Wildman–Crippen LogP) is 2.59. The van der Waals surface area contributed by atoms with Gasteiger partial charge in [0, 0.05) is 11.3 Å². The van der Waals surface area contributed by atoms with Gasteiger partial charge in [-0.2, -0.15) is 0 Å². The fraction of sp³-hybridized carbons (Fsp3) is 0.188. The molecule has 2 N–H and O–H groups in total. The number of aryl methyl sites for hydroxylation is 2. The van der Waals surface area contributed by atoms with Crippen LogP contribution in [0.15, 0.2) is 42.5 Å². The normalized spacial score (nSPS) is 10.8. The van der Waals surface area contributed by atoms with Crippen LogP contribution in [0, 0.1) is 13.8 Å². The Balaban J connectivity index is 1.97. The van der Waals surface area contributed by atoms with Gasteiger partial charge in [0.2, 0.25) is 0 Å². The number of hydrogen-bond acceptors (Lipinski definition) is 4. The van der Waals surface area contributed by atoms with Gasteiger partial charge in [-0.25, -0.2) is 4.68 Å². The standard InChI is InChI=1S/C16H17N5/c1-11-4-3-5-13(6-11)10-21-16(18-19-20-21)14-7-12(2)8-15(17)9-14/h3-9H,10,17H2,1-2H3. The third-order valence-electron chi connectivity index (χ3n) is 3.30. The van der Waals surface area contributed by atoms with Crippen molar-refractivity contribution in [2.75, 3.05) is 5.73 Å². The van der Waals surface area contributed by atoms with Crippen LogP contribution in [0.5, 0.6) is 0 Å². The van der Waals surface area contributed by atoms with Crippen molar-refractivity contribution in [1.29, 1.82) is 0 Å². The monoisotopic (exact) mass is 279 g/mol. The zero-order valence-electron chi connectivity index (χ0n) is 12.1. The quantitative estimate of drug-likeness (QED) is 0.748. The van der Waals surface area contributed by atoms with Gasteiger partial charge in [0.1, 0.15) is 0 Å². The van der Waals surface area contributed by atoms with E-state index >= 15 is 0 Å². The SMILES string of the molecule is Cc1cccc(Cn2nnnc2-c2cc(C)cc(N)c2)c1. The number of nitrogen functional groups attached to an aromatic ring is 1. The number of hydrogen-bond donors (Lipinski definition) is 1. The van der Waals surface area contributed by atoms with Gasteiger partial charge < -0.3 is 5.73 Å². The van der Waals surface area contributed by atoms with E-state index in [2.05, 4.69) is 40.6 Å². The lowest BCUT2D eigenvalue weighted by molar-refractivity contribution is 0.653. The molecule has 0 amide bonds. The number of rotatable bonds is 3. The van der Waals surface area contributed by atoms with E-state index in [1.54, 1.807) is 4.68 Å². The molecular formula is C16H17N5. The molecule has 0 radical (unpaired) electrons. The molecule has 0 aliphatic carbocycles. The smallest absolute Gasteiger partial charge is 0.182 e. The van der Waals surface area contributed by atoms with Crippen molar-refractivity contribution in [3.8, 4) is 11.4 Å². The molecule has 3 rings (SSSR count). The minimum Gasteiger partial charge on any atom is -0.399 e. The fourth-order valence-corrected chi connectivity index (χ4v) is 2.44. The highest BCUT2D eigenvalue weighted by Crippen LogP contribution is 2.21. The van der Waals surface area contributed by atoms with Gasteiger partial charge in [-0.1, -0.05) is 29.8 Å². The molecule has 5 heteroatoms. The van der Waals surface area contributed by atoms with Gasteiger partial charge >= 0.3 is 0 Å². The first kappa shape index (κ1) is 13.3. The molecule has 0 spiro atoms. The van der Waals surface area contributed by atoms with Gasteiger partial charge in [0.25, 0.3) is 0 Å². The molecule has 5 nitrogen and oxygen atoms in total. The highest BCUT2D eigenvalue weighted by atomic mass is 15.5. The Labute approximate surface area is 123 Å². The second-order valence-corrected chi connectivity index (χ2v) is 5.28. The van der Waals surface area contributed by atoms with Crippen molar-refractivity contribution in [1.82, 2.24) is 20.2 Å². The Hall–Kier alpha value is -2.69. The Morgan fingerprint density at radius 2 is 1.90 bits per heavy atom. The van der Waals surface area contributed by atoms with Crippen LogP contribution in [0.2, 0.25) is 0 Å². The van der Waals surface area contributed by atoms with Gasteiger partial charge in [-0.15, -0.1) is 5.10 Å². The molecule has 1 aromatic heterocycles. The molecule has 0 fully saturated rings. The van der Waals surface area contributed by atoms with E-state index < -0.39 is 0 Å².